The Morgan fingerprint density at radius 3 is 2.85 bits per heavy atom. The molecule has 4 rings (SSSR count). The molecule has 0 saturated carbocycles. The van der Waals surface area contributed by atoms with E-state index < -0.39 is 0 Å². The molecule has 0 bridgehead atoms. The molecule has 140 valence electrons. The second kappa shape index (κ2) is 7.70. The van der Waals surface area contributed by atoms with E-state index in [-0.39, 0.29) is 5.91 Å². The lowest BCUT2D eigenvalue weighted by atomic mass is 9.96. The van der Waals surface area contributed by atoms with Gasteiger partial charge < -0.3 is 19.5 Å². The fraction of sp³-hybridized carbons (Fsp3) is 0.571. The number of carbonyl (C=O) groups is 1. The third-order valence-corrected chi connectivity index (χ3v) is 5.86. The lowest BCUT2D eigenvalue weighted by Crippen LogP contribution is -2.45. The predicted octanol–water partition coefficient (Wildman–Crippen LogP) is 3.27. The van der Waals surface area contributed by atoms with Crippen molar-refractivity contribution in [2.24, 2.45) is 5.92 Å². The van der Waals surface area contributed by atoms with Crippen LogP contribution in [0.1, 0.15) is 32.6 Å². The number of nitrogens with zero attached hydrogens (tertiary/aromatic N) is 2. The summed E-state index contributed by atoms with van der Waals surface area (Å²) in [5, 5.41) is 1.17. The van der Waals surface area contributed by atoms with Crippen molar-refractivity contribution in [2.45, 2.75) is 38.7 Å². The van der Waals surface area contributed by atoms with Gasteiger partial charge in [-0.15, -0.1) is 0 Å². The summed E-state index contributed by atoms with van der Waals surface area (Å²) in [4.78, 5) is 19.4. The van der Waals surface area contributed by atoms with Gasteiger partial charge in [0.05, 0.1) is 0 Å². The number of likely N-dealkylation sites (tertiary alicyclic amines) is 2. The van der Waals surface area contributed by atoms with Crippen LogP contribution in [0.2, 0.25) is 0 Å². The number of benzene rings is 1. The Balaban J connectivity index is 1.28. The number of nitrogens with one attached hydrogen (secondary N) is 1. The number of piperidine rings is 2. The first-order chi connectivity index (χ1) is 12.7. The molecule has 26 heavy (non-hydrogen) atoms. The number of amides is 1. The Labute approximate surface area is 155 Å². The number of H-pyrrole nitrogens is 1. The minimum absolute atomic E-state index is 0.223. The van der Waals surface area contributed by atoms with Crippen molar-refractivity contribution in [2.75, 3.05) is 32.7 Å². The lowest BCUT2D eigenvalue weighted by molar-refractivity contribution is -0.130. The van der Waals surface area contributed by atoms with Gasteiger partial charge in [-0.3, -0.25) is 4.79 Å². The van der Waals surface area contributed by atoms with E-state index in [1.165, 1.54) is 11.8 Å². The Morgan fingerprint density at radius 1 is 1.19 bits per heavy atom. The van der Waals surface area contributed by atoms with Gasteiger partial charge in [0.1, 0.15) is 11.9 Å². The van der Waals surface area contributed by atoms with Crippen molar-refractivity contribution in [3.8, 4) is 5.75 Å². The number of rotatable bonds is 4. The van der Waals surface area contributed by atoms with Gasteiger partial charge in [-0.25, -0.2) is 0 Å². The topological polar surface area (TPSA) is 48.6 Å². The maximum Gasteiger partial charge on any atom is 0.219 e. The van der Waals surface area contributed by atoms with E-state index in [4.69, 9.17) is 4.74 Å². The molecule has 0 aliphatic carbocycles. The highest BCUT2D eigenvalue weighted by atomic mass is 16.5. The van der Waals surface area contributed by atoms with E-state index in [0.29, 0.717) is 12.0 Å². The minimum atomic E-state index is 0.223. The third kappa shape index (κ3) is 3.88. The van der Waals surface area contributed by atoms with Gasteiger partial charge in [0.25, 0.3) is 0 Å². The van der Waals surface area contributed by atoms with Crippen molar-refractivity contribution in [3.05, 3.63) is 30.5 Å². The zero-order valence-corrected chi connectivity index (χ0v) is 15.6. The van der Waals surface area contributed by atoms with Crippen molar-refractivity contribution < 1.29 is 9.53 Å². The number of carbonyl (C=O) groups excluding carboxylic acids is 1. The lowest BCUT2D eigenvalue weighted by Gasteiger charge is -2.38. The molecular formula is C21H29N3O2. The first-order valence-corrected chi connectivity index (χ1v) is 9.89. The third-order valence-electron chi connectivity index (χ3n) is 5.86. The Kier molecular flexibility index (Phi) is 5.16. The number of aromatic amines is 1. The van der Waals surface area contributed by atoms with Crippen LogP contribution in [0.3, 0.4) is 0 Å². The molecule has 5 heteroatoms. The standard InChI is InChI=1S/C21H29N3O2/c1-16(25)24-11-3-4-17(15-24)14-23-12-8-18(9-13-23)26-21-6-2-5-20-19(21)7-10-22-20/h2,5-7,10,17-18,22H,3-4,8-9,11-15H2,1H3. The highest BCUT2D eigenvalue weighted by Gasteiger charge is 2.26. The summed E-state index contributed by atoms with van der Waals surface area (Å²) in [7, 11) is 0. The Hall–Kier alpha value is -2.01. The predicted molar refractivity (Wildman–Crippen MR) is 103 cm³/mol. The summed E-state index contributed by atoms with van der Waals surface area (Å²) in [5.74, 6) is 1.84. The van der Waals surface area contributed by atoms with E-state index in [2.05, 4.69) is 28.1 Å². The molecule has 1 N–H and O–H groups in total. The van der Waals surface area contributed by atoms with E-state index >= 15 is 0 Å². The summed E-state index contributed by atoms with van der Waals surface area (Å²) in [5.41, 5.74) is 1.13. The number of aromatic nitrogens is 1. The van der Waals surface area contributed by atoms with Crippen LogP contribution in [0.25, 0.3) is 10.9 Å². The zero-order valence-electron chi connectivity index (χ0n) is 15.6. The molecule has 1 unspecified atom stereocenters. The smallest absolute Gasteiger partial charge is 0.219 e. The van der Waals surface area contributed by atoms with Crippen LogP contribution >= 0.6 is 0 Å². The minimum Gasteiger partial charge on any atom is -0.490 e. The first kappa shape index (κ1) is 17.4. The van der Waals surface area contributed by atoms with Crippen LogP contribution in [0.5, 0.6) is 5.75 Å². The average molecular weight is 355 g/mol. The molecule has 1 aromatic heterocycles. The molecule has 2 aliphatic heterocycles. The molecule has 1 atom stereocenters. The molecule has 2 fully saturated rings. The van der Waals surface area contributed by atoms with Gasteiger partial charge in [0.15, 0.2) is 0 Å². The molecule has 5 nitrogen and oxygen atoms in total. The SMILES string of the molecule is CC(=O)N1CCCC(CN2CCC(Oc3cccc4[nH]ccc34)CC2)C1. The van der Waals surface area contributed by atoms with E-state index in [0.717, 1.165) is 63.3 Å². The summed E-state index contributed by atoms with van der Waals surface area (Å²) >= 11 is 0. The summed E-state index contributed by atoms with van der Waals surface area (Å²) in [6, 6.07) is 8.29. The molecule has 1 aromatic carbocycles. The molecule has 2 aromatic rings. The van der Waals surface area contributed by atoms with Gasteiger partial charge >= 0.3 is 0 Å². The van der Waals surface area contributed by atoms with Gasteiger partial charge in [0, 0.05) is 56.7 Å². The van der Waals surface area contributed by atoms with Crippen LogP contribution in [0.4, 0.5) is 0 Å². The second-order valence-electron chi connectivity index (χ2n) is 7.79. The number of ether oxygens (including phenoxy) is 1. The zero-order chi connectivity index (χ0) is 17.9. The van der Waals surface area contributed by atoms with Gasteiger partial charge in [-0.1, -0.05) is 6.07 Å². The summed E-state index contributed by atoms with van der Waals surface area (Å²) in [6.45, 7) is 6.85. The quantitative estimate of drug-likeness (QED) is 0.916. The largest absolute Gasteiger partial charge is 0.490 e. The highest BCUT2D eigenvalue weighted by Crippen LogP contribution is 2.28. The van der Waals surface area contributed by atoms with Crippen molar-refractivity contribution in [3.63, 3.8) is 0 Å². The summed E-state index contributed by atoms with van der Waals surface area (Å²) in [6.07, 6.45) is 6.80. The van der Waals surface area contributed by atoms with Crippen LogP contribution in [-0.4, -0.2) is 59.5 Å². The Morgan fingerprint density at radius 2 is 2.04 bits per heavy atom. The molecule has 0 spiro atoms. The molecule has 2 saturated heterocycles. The maximum atomic E-state index is 11.6. The van der Waals surface area contributed by atoms with Gasteiger partial charge in [-0.2, -0.15) is 0 Å². The molecule has 1 amide bonds. The van der Waals surface area contributed by atoms with Crippen LogP contribution < -0.4 is 4.74 Å². The van der Waals surface area contributed by atoms with Crippen molar-refractivity contribution in [1.82, 2.24) is 14.8 Å². The molecule has 3 heterocycles. The van der Waals surface area contributed by atoms with E-state index in [1.807, 2.05) is 17.2 Å². The number of fused-ring (bicyclic) bond motifs is 1. The average Bonchev–Trinajstić information content (AvgIpc) is 3.13. The van der Waals surface area contributed by atoms with E-state index in [9.17, 15) is 4.79 Å². The summed E-state index contributed by atoms with van der Waals surface area (Å²) < 4.78 is 6.31. The van der Waals surface area contributed by atoms with Crippen LogP contribution in [0.15, 0.2) is 30.5 Å². The molecule has 0 radical (unpaired) electrons. The first-order valence-electron chi connectivity index (χ1n) is 9.89. The number of hydrogen-bond donors (Lipinski definition) is 1. The fourth-order valence-corrected chi connectivity index (χ4v) is 4.41. The van der Waals surface area contributed by atoms with Gasteiger partial charge in [-0.05, 0) is 49.8 Å². The van der Waals surface area contributed by atoms with E-state index in [1.54, 1.807) is 6.92 Å². The second-order valence-corrected chi connectivity index (χ2v) is 7.79. The molecule has 2 aliphatic rings. The van der Waals surface area contributed by atoms with Crippen LogP contribution in [-0.2, 0) is 4.79 Å². The highest BCUT2D eigenvalue weighted by molar-refractivity contribution is 5.85. The van der Waals surface area contributed by atoms with Gasteiger partial charge in [0.2, 0.25) is 5.91 Å². The monoisotopic (exact) mass is 355 g/mol. The van der Waals surface area contributed by atoms with Crippen molar-refractivity contribution in [1.29, 1.82) is 0 Å². The van der Waals surface area contributed by atoms with Crippen molar-refractivity contribution >= 4 is 16.8 Å². The molecular weight excluding hydrogens is 326 g/mol. The Bertz CT molecular complexity index is 749. The number of hydrogen-bond acceptors (Lipinski definition) is 3. The normalized spacial score (nSPS) is 22.7. The van der Waals surface area contributed by atoms with Crippen LogP contribution in [0, 0.1) is 5.92 Å². The maximum absolute atomic E-state index is 11.6. The fourth-order valence-electron chi connectivity index (χ4n) is 4.41.